The number of aromatic amines is 1. The number of hydrogen-bond donors (Lipinski definition) is 2. The maximum atomic E-state index is 13.2. The molecular formula is C20H20N6O3S. The normalized spacial score (nSPS) is 13.8. The minimum Gasteiger partial charge on any atom is -0.466 e. The first-order valence-corrected chi connectivity index (χ1v) is 10.1. The molecule has 0 atom stereocenters. The average molecular weight is 424 g/mol. The highest BCUT2D eigenvalue weighted by atomic mass is 32.1. The summed E-state index contributed by atoms with van der Waals surface area (Å²) in [6.07, 6.45) is 2.15. The lowest BCUT2D eigenvalue weighted by atomic mass is 10.1. The summed E-state index contributed by atoms with van der Waals surface area (Å²) in [7, 11) is 0. The van der Waals surface area contributed by atoms with Crippen molar-refractivity contribution < 1.29 is 13.7 Å². The second-order valence-electron chi connectivity index (χ2n) is 7.56. The molecule has 0 aliphatic heterocycles. The topological polar surface area (TPSA) is 115 Å². The van der Waals surface area contributed by atoms with Crippen molar-refractivity contribution in [2.45, 2.75) is 46.2 Å². The summed E-state index contributed by atoms with van der Waals surface area (Å²) in [6.45, 7) is 5.78. The maximum Gasteiger partial charge on any atom is 0.259 e. The molecule has 1 fully saturated rings. The summed E-state index contributed by atoms with van der Waals surface area (Å²) in [5, 5.41) is 14.6. The van der Waals surface area contributed by atoms with E-state index in [1.807, 2.05) is 24.5 Å². The van der Waals surface area contributed by atoms with Gasteiger partial charge in [-0.25, -0.2) is 4.98 Å². The van der Waals surface area contributed by atoms with Crippen LogP contribution in [0, 0.1) is 25.5 Å². The fourth-order valence-corrected chi connectivity index (χ4v) is 4.02. The zero-order valence-electron chi connectivity index (χ0n) is 16.8. The van der Waals surface area contributed by atoms with Crippen molar-refractivity contribution in [1.82, 2.24) is 30.2 Å². The molecule has 0 spiro atoms. The van der Waals surface area contributed by atoms with Crippen molar-refractivity contribution in [3.8, 4) is 11.3 Å². The fourth-order valence-electron chi connectivity index (χ4n) is 3.72. The minimum absolute atomic E-state index is 0.260. The number of rotatable bonds is 5. The Kier molecular flexibility index (Phi) is 4.31. The van der Waals surface area contributed by atoms with E-state index in [1.54, 1.807) is 13.0 Å². The van der Waals surface area contributed by atoms with Crippen LogP contribution in [0.4, 0.5) is 0 Å². The Labute approximate surface area is 176 Å². The molecule has 4 aromatic rings. The van der Waals surface area contributed by atoms with Gasteiger partial charge in [-0.1, -0.05) is 5.16 Å². The van der Waals surface area contributed by atoms with E-state index in [2.05, 4.69) is 25.7 Å². The summed E-state index contributed by atoms with van der Waals surface area (Å²) < 4.78 is 13.5. The molecule has 30 heavy (non-hydrogen) atoms. The van der Waals surface area contributed by atoms with Gasteiger partial charge in [0.1, 0.15) is 11.5 Å². The maximum absolute atomic E-state index is 13.2. The third-order valence-electron chi connectivity index (χ3n) is 5.28. The summed E-state index contributed by atoms with van der Waals surface area (Å²) in [4.78, 5) is 17.7. The number of aryl methyl sites for hydroxylation is 3. The summed E-state index contributed by atoms with van der Waals surface area (Å²) >= 11 is 5.31. The zero-order valence-corrected chi connectivity index (χ0v) is 17.6. The van der Waals surface area contributed by atoms with Crippen molar-refractivity contribution in [1.29, 1.82) is 0 Å². The molecule has 1 aliphatic rings. The van der Waals surface area contributed by atoms with E-state index in [0.29, 0.717) is 44.7 Å². The average Bonchev–Trinajstić information content (AvgIpc) is 3.25. The predicted octanol–water partition coefficient (Wildman–Crippen LogP) is 3.93. The van der Waals surface area contributed by atoms with Crippen molar-refractivity contribution in [2.24, 2.45) is 0 Å². The third-order valence-corrected chi connectivity index (χ3v) is 5.56. The molecule has 4 aromatic heterocycles. The highest BCUT2D eigenvalue weighted by Gasteiger charge is 2.27. The molecule has 9 nitrogen and oxygen atoms in total. The van der Waals surface area contributed by atoms with Crippen LogP contribution >= 0.6 is 12.2 Å². The van der Waals surface area contributed by atoms with Crippen LogP contribution in [0.15, 0.2) is 21.1 Å². The van der Waals surface area contributed by atoms with Crippen LogP contribution in [-0.4, -0.2) is 30.8 Å². The lowest BCUT2D eigenvalue weighted by Crippen LogP contribution is -2.25. The predicted molar refractivity (Wildman–Crippen MR) is 111 cm³/mol. The first kappa shape index (κ1) is 18.7. The zero-order chi connectivity index (χ0) is 21.0. The summed E-state index contributed by atoms with van der Waals surface area (Å²) in [5.41, 5.74) is 2.77. The number of nitrogens with one attached hydrogen (secondary N) is 2. The van der Waals surface area contributed by atoms with E-state index in [4.69, 9.17) is 21.2 Å². The van der Waals surface area contributed by atoms with E-state index < -0.39 is 0 Å². The van der Waals surface area contributed by atoms with E-state index in [-0.39, 0.29) is 12.5 Å². The molecule has 2 N–H and O–H groups in total. The standard InChI is InChI=1S/C20H20N6O3S/c1-9-6-13(11(3)28-9)15-7-14(17-10(2)25-29-19(17)22-15)18(27)21-8-16-23-24-20(30)26(16)12-4-5-12/h6-7,12H,4-5,8H2,1-3H3,(H,21,27)(H,24,30). The molecule has 4 heterocycles. The Balaban J connectivity index is 1.51. The SMILES string of the molecule is Cc1cc(-c2cc(C(=O)NCc3n[nH]c(=S)n3C3CC3)c3c(C)noc3n2)c(C)o1. The first-order chi connectivity index (χ1) is 14.4. The molecule has 0 bridgehead atoms. The van der Waals surface area contributed by atoms with Gasteiger partial charge in [0, 0.05) is 11.6 Å². The highest BCUT2D eigenvalue weighted by Crippen LogP contribution is 2.36. The lowest BCUT2D eigenvalue weighted by molar-refractivity contribution is 0.0951. The number of H-pyrrole nitrogens is 1. The van der Waals surface area contributed by atoms with Crippen LogP contribution in [0.1, 0.15) is 52.3 Å². The van der Waals surface area contributed by atoms with Gasteiger partial charge in [0.25, 0.3) is 11.6 Å². The molecule has 154 valence electrons. The van der Waals surface area contributed by atoms with Crippen molar-refractivity contribution in [3.63, 3.8) is 0 Å². The Bertz CT molecular complexity index is 1340. The number of carbonyl (C=O) groups is 1. The number of hydrogen-bond acceptors (Lipinski definition) is 7. The summed E-state index contributed by atoms with van der Waals surface area (Å²) in [5.74, 6) is 1.95. The van der Waals surface area contributed by atoms with Crippen LogP contribution < -0.4 is 5.32 Å². The van der Waals surface area contributed by atoms with E-state index in [0.717, 1.165) is 29.9 Å². The molecule has 10 heteroatoms. The van der Waals surface area contributed by atoms with Gasteiger partial charge in [-0.05, 0) is 58.0 Å². The number of aromatic nitrogens is 5. The van der Waals surface area contributed by atoms with Gasteiger partial charge in [0.15, 0.2) is 10.6 Å². The summed E-state index contributed by atoms with van der Waals surface area (Å²) in [6, 6.07) is 4.01. The van der Waals surface area contributed by atoms with Gasteiger partial charge < -0.3 is 14.3 Å². The number of pyridine rings is 1. The van der Waals surface area contributed by atoms with Crippen LogP contribution in [0.3, 0.4) is 0 Å². The van der Waals surface area contributed by atoms with Crippen LogP contribution in [-0.2, 0) is 6.54 Å². The smallest absolute Gasteiger partial charge is 0.259 e. The van der Waals surface area contributed by atoms with Gasteiger partial charge in [-0.15, -0.1) is 0 Å². The van der Waals surface area contributed by atoms with Crippen molar-refractivity contribution in [2.75, 3.05) is 0 Å². The number of fused-ring (bicyclic) bond motifs is 1. The fraction of sp³-hybridized carbons (Fsp3) is 0.350. The number of furan rings is 1. The van der Waals surface area contributed by atoms with Gasteiger partial charge in [-0.2, -0.15) is 5.10 Å². The van der Waals surface area contributed by atoms with E-state index in [9.17, 15) is 4.79 Å². The molecule has 1 aliphatic carbocycles. The third kappa shape index (κ3) is 3.13. The Morgan fingerprint density at radius 3 is 2.83 bits per heavy atom. The van der Waals surface area contributed by atoms with Crippen molar-refractivity contribution in [3.05, 3.63) is 45.5 Å². The van der Waals surface area contributed by atoms with Gasteiger partial charge in [0.05, 0.1) is 28.9 Å². The number of amides is 1. The van der Waals surface area contributed by atoms with Crippen LogP contribution in [0.25, 0.3) is 22.4 Å². The second kappa shape index (κ2) is 6.91. The Hall–Kier alpha value is -3.27. The monoisotopic (exact) mass is 424 g/mol. The molecule has 0 aromatic carbocycles. The molecule has 0 saturated heterocycles. The van der Waals surface area contributed by atoms with Gasteiger partial charge in [0.2, 0.25) is 0 Å². The van der Waals surface area contributed by atoms with Gasteiger partial charge >= 0.3 is 0 Å². The second-order valence-corrected chi connectivity index (χ2v) is 7.95. The Morgan fingerprint density at radius 2 is 2.13 bits per heavy atom. The van der Waals surface area contributed by atoms with E-state index >= 15 is 0 Å². The quantitative estimate of drug-likeness (QED) is 0.467. The van der Waals surface area contributed by atoms with E-state index in [1.165, 1.54) is 0 Å². The molecule has 5 rings (SSSR count). The molecule has 0 radical (unpaired) electrons. The number of nitrogens with zero attached hydrogens (tertiary/aromatic N) is 4. The molecule has 1 amide bonds. The lowest BCUT2D eigenvalue weighted by Gasteiger charge is -2.09. The molecule has 0 unspecified atom stereocenters. The Morgan fingerprint density at radius 1 is 1.33 bits per heavy atom. The largest absolute Gasteiger partial charge is 0.466 e. The highest BCUT2D eigenvalue weighted by molar-refractivity contribution is 7.71. The van der Waals surface area contributed by atoms with Crippen LogP contribution in [0.2, 0.25) is 0 Å². The van der Waals surface area contributed by atoms with Gasteiger partial charge in [-0.3, -0.25) is 14.5 Å². The first-order valence-electron chi connectivity index (χ1n) is 9.70. The molecule has 1 saturated carbocycles. The number of carbonyl (C=O) groups excluding carboxylic acids is 1. The van der Waals surface area contributed by atoms with Crippen molar-refractivity contribution >= 4 is 29.2 Å². The molecular weight excluding hydrogens is 404 g/mol. The van der Waals surface area contributed by atoms with Crippen LogP contribution in [0.5, 0.6) is 0 Å². The minimum atomic E-state index is -0.260.